The van der Waals surface area contributed by atoms with Gasteiger partial charge in [0.1, 0.15) is 17.1 Å². The van der Waals surface area contributed by atoms with Crippen molar-refractivity contribution in [3.05, 3.63) is 77.9 Å². The van der Waals surface area contributed by atoms with Crippen molar-refractivity contribution in [2.24, 2.45) is 0 Å². The lowest BCUT2D eigenvalue weighted by atomic mass is 10.1. The Bertz CT molecular complexity index is 1220. The molecule has 1 atom stereocenters. The van der Waals surface area contributed by atoms with Crippen molar-refractivity contribution in [3.63, 3.8) is 0 Å². The molecule has 0 aliphatic rings. The van der Waals surface area contributed by atoms with Crippen LogP contribution in [0, 0.1) is 0 Å². The normalized spacial score (nSPS) is 11.2. The lowest BCUT2D eigenvalue weighted by molar-refractivity contribution is -0.115. The summed E-state index contributed by atoms with van der Waals surface area (Å²) in [5.74, 6) is -0.128. The van der Waals surface area contributed by atoms with E-state index in [1.54, 1.807) is 55.5 Å². The number of hydrogen-bond donors (Lipinski definition) is 2. The molecule has 0 radical (unpaired) electrons. The van der Waals surface area contributed by atoms with Gasteiger partial charge in [0.15, 0.2) is 0 Å². The third-order valence-electron chi connectivity index (χ3n) is 5.35. The molecule has 3 aromatic carbocycles. The van der Waals surface area contributed by atoms with Crippen LogP contribution < -0.4 is 20.1 Å². The number of benzene rings is 3. The van der Waals surface area contributed by atoms with Gasteiger partial charge in [0, 0.05) is 16.3 Å². The molecule has 0 heterocycles. The van der Waals surface area contributed by atoms with Crippen LogP contribution in [0.5, 0.6) is 11.5 Å². The van der Waals surface area contributed by atoms with Gasteiger partial charge in [0.25, 0.3) is 5.91 Å². The van der Waals surface area contributed by atoms with Gasteiger partial charge in [0.05, 0.1) is 31.6 Å². The van der Waals surface area contributed by atoms with E-state index >= 15 is 0 Å². The molecule has 0 spiro atoms. The van der Waals surface area contributed by atoms with Crippen molar-refractivity contribution < 1.29 is 28.6 Å². The van der Waals surface area contributed by atoms with Crippen LogP contribution in [0.15, 0.2) is 71.6 Å². The molecule has 9 heteroatoms. The predicted molar refractivity (Wildman–Crippen MR) is 145 cm³/mol. The number of hydrogen-bond acceptors (Lipinski definition) is 7. The largest absolute Gasteiger partial charge is 0.496 e. The topological polar surface area (TPSA) is 103 Å². The number of nitrogens with one attached hydrogen (secondary N) is 2. The SMILES string of the molecule is CCOC(=O)c1ccc(NC(=O)C(CC)Sc2cccc(NC(=O)c3c(OC)cccc3OC)c2)cc1. The third-order valence-corrected chi connectivity index (χ3v) is 6.71. The zero-order valence-corrected chi connectivity index (χ0v) is 22.0. The highest BCUT2D eigenvalue weighted by Gasteiger charge is 2.20. The van der Waals surface area contributed by atoms with Gasteiger partial charge in [-0.15, -0.1) is 11.8 Å². The van der Waals surface area contributed by atoms with Crippen LogP contribution in [-0.2, 0) is 9.53 Å². The second kappa shape index (κ2) is 13.4. The molecule has 8 nitrogen and oxygen atoms in total. The lowest BCUT2D eigenvalue weighted by Crippen LogP contribution is -2.24. The highest BCUT2D eigenvalue weighted by Crippen LogP contribution is 2.31. The third kappa shape index (κ3) is 7.27. The van der Waals surface area contributed by atoms with Crippen molar-refractivity contribution >= 4 is 40.9 Å². The number of esters is 1. The summed E-state index contributed by atoms with van der Waals surface area (Å²) in [6.45, 7) is 3.98. The summed E-state index contributed by atoms with van der Waals surface area (Å²) in [5, 5.41) is 5.41. The Morgan fingerprint density at radius 3 is 2.08 bits per heavy atom. The van der Waals surface area contributed by atoms with Gasteiger partial charge in [-0.2, -0.15) is 0 Å². The second-order valence-electron chi connectivity index (χ2n) is 7.82. The summed E-state index contributed by atoms with van der Waals surface area (Å²) in [6, 6.07) is 19.0. The minimum atomic E-state index is -0.404. The van der Waals surface area contributed by atoms with E-state index in [9.17, 15) is 14.4 Å². The molecule has 0 fully saturated rings. The fraction of sp³-hybridized carbons (Fsp3) is 0.250. The van der Waals surface area contributed by atoms with Crippen molar-refractivity contribution in [1.29, 1.82) is 0 Å². The zero-order valence-electron chi connectivity index (χ0n) is 21.2. The summed E-state index contributed by atoms with van der Waals surface area (Å²) < 4.78 is 15.6. The van der Waals surface area contributed by atoms with E-state index in [1.165, 1.54) is 26.0 Å². The first-order chi connectivity index (χ1) is 17.9. The standard InChI is InChI=1S/C28H30N2O6S/c1-5-24(26(31)29-19-15-13-18(14-16-19)28(33)36-6-2)37-21-10-7-9-20(17-21)30-27(32)25-22(34-3)11-8-12-23(25)35-4/h7-17,24H,5-6H2,1-4H3,(H,29,31)(H,30,32). The van der Waals surface area contributed by atoms with Gasteiger partial charge in [-0.25, -0.2) is 4.79 Å². The van der Waals surface area contributed by atoms with Gasteiger partial charge < -0.3 is 24.8 Å². The Kier molecular flexibility index (Phi) is 9.97. The van der Waals surface area contributed by atoms with Crippen LogP contribution in [0.2, 0.25) is 0 Å². The van der Waals surface area contributed by atoms with Crippen molar-refractivity contribution in [1.82, 2.24) is 0 Å². The van der Waals surface area contributed by atoms with Crippen molar-refractivity contribution in [3.8, 4) is 11.5 Å². The Labute approximate surface area is 220 Å². The molecule has 0 aromatic heterocycles. The minimum absolute atomic E-state index is 0.162. The van der Waals surface area contributed by atoms with Crippen LogP contribution in [-0.4, -0.2) is 43.9 Å². The number of rotatable bonds is 11. The first kappa shape index (κ1) is 27.6. The fourth-order valence-corrected chi connectivity index (χ4v) is 4.54. The van der Waals surface area contributed by atoms with Crippen LogP contribution >= 0.6 is 11.8 Å². The molecule has 3 aromatic rings. The highest BCUT2D eigenvalue weighted by atomic mass is 32.2. The van der Waals surface area contributed by atoms with Crippen molar-refractivity contribution in [2.75, 3.05) is 31.5 Å². The Morgan fingerprint density at radius 1 is 0.838 bits per heavy atom. The van der Waals surface area contributed by atoms with E-state index in [0.717, 1.165) is 4.90 Å². The van der Waals surface area contributed by atoms with E-state index in [-0.39, 0.29) is 17.1 Å². The van der Waals surface area contributed by atoms with Gasteiger partial charge in [0.2, 0.25) is 5.91 Å². The van der Waals surface area contributed by atoms with E-state index in [4.69, 9.17) is 14.2 Å². The molecule has 0 aliphatic carbocycles. The smallest absolute Gasteiger partial charge is 0.338 e. The number of methoxy groups -OCH3 is 2. The quantitative estimate of drug-likeness (QED) is 0.248. The molecular weight excluding hydrogens is 492 g/mol. The van der Waals surface area contributed by atoms with Gasteiger partial charge in [-0.3, -0.25) is 9.59 Å². The molecule has 2 amide bonds. The number of carbonyl (C=O) groups is 3. The fourth-order valence-electron chi connectivity index (χ4n) is 3.53. The van der Waals surface area contributed by atoms with Crippen LogP contribution in [0.1, 0.15) is 41.0 Å². The van der Waals surface area contributed by atoms with E-state index in [1.807, 2.05) is 25.1 Å². The lowest BCUT2D eigenvalue weighted by Gasteiger charge is -2.16. The molecule has 37 heavy (non-hydrogen) atoms. The summed E-state index contributed by atoms with van der Waals surface area (Å²) in [5.41, 5.74) is 1.88. The highest BCUT2D eigenvalue weighted by molar-refractivity contribution is 8.00. The van der Waals surface area contributed by atoms with Gasteiger partial charge in [-0.1, -0.05) is 19.1 Å². The molecule has 2 N–H and O–H groups in total. The van der Waals surface area contributed by atoms with Gasteiger partial charge >= 0.3 is 5.97 Å². The summed E-state index contributed by atoms with van der Waals surface area (Å²) in [4.78, 5) is 38.6. The number of anilines is 2. The number of ether oxygens (including phenoxy) is 3. The average Bonchev–Trinajstić information content (AvgIpc) is 2.91. The molecule has 0 aliphatic heterocycles. The Morgan fingerprint density at radius 2 is 1.49 bits per heavy atom. The molecular formula is C28H30N2O6S. The summed E-state index contributed by atoms with van der Waals surface area (Å²) >= 11 is 1.40. The maximum atomic E-state index is 13.0. The zero-order chi connectivity index (χ0) is 26.8. The average molecular weight is 523 g/mol. The monoisotopic (exact) mass is 522 g/mol. The van der Waals surface area contributed by atoms with Crippen LogP contribution in [0.3, 0.4) is 0 Å². The summed E-state index contributed by atoms with van der Waals surface area (Å²) in [7, 11) is 2.99. The number of thioether (sulfide) groups is 1. The molecule has 194 valence electrons. The molecule has 0 saturated carbocycles. The first-order valence-electron chi connectivity index (χ1n) is 11.8. The molecule has 0 bridgehead atoms. The second-order valence-corrected chi connectivity index (χ2v) is 9.10. The molecule has 0 saturated heterocycles. The number of amides is 2. The summed E-state index contributed by atoms with van der Waals surface area (Å²) in [6.07, 6.45) is 0.590. The molecule has 3 rings (SSSR count). The van der Waals surface area contributed by atoms with Crippen molar-refractivity contribution in [2.45, 2.75) is 30.4 Å². The number of carbonyl (C=O) groups excluding carboxylic acids is 3. The first-order valence-corrected chi connectivity index (χ1v) is 12.6. The Hall–Kier alpha value is -3.98. The van der Waals surface area contributed by atoms with Crippen LogP contribution in [0.25, 0.3) is 0 Å². The minimum Gasteiger partial charge on any atom is -0.496 e. The molecule has 1 unspecified atom stereocenters. The predicted octanol–water partition coefficient (Wildman–Crippen LogP) is 5.64. The van der Waals surface area contributed by atoms with E-state index in [0.29, 0.717) is 47.0 Å². The maximum absolute atomic E-state index is 13.0. The van der Waals surface area contributed by atoms with E-state index < -0.39 is 5.97 Å². The van der Waals surface area contributed by atoms with Gasteiger partial charge in [-0.05, 0) is 67.9 Å². The van der Waals surface area contributed by atoms with Crippen LogP contribution in [0.4, 0.5) is 11.4 Å². The Balaban J connectivity index is 1.68. The maximum Gasteiger partial charge on any atom is 0.338 e. The van der Waals surface area contributed by atoms with E-state index in [2.05, 4.69) is 10.6 Å².